The molecule has 142 valence electrons. The number of carboxylic acids is 1. The van der Waals surface area contributed by atoms with Gasteiger partial charge in [-0.2, -0.15) is 4.31 Å². The van der Waals surface area contributed by atoms with Crippen molar-refractivity contribution >= 4 is 21.9 Å². The van der Waals surface area contributed by atoms with E-state index in [1.165, 1.54) is 40.4 Å². The van der Waals surface area contributed by atoms with Gasteiger partial charge in [-0.3, -0.25) is 4.79 Å². The fourth-order valence-electron chi connectivity index (χ4n) is 3.00. The van der Waals surface area contributed by atoms with Crippen molar-refractivity contribution < 1.29 is 27.9 Å². The molecule has 3 rings (SSSR count). The largest absolute Gasteiger partial charge is 0.480 e. The maximum atomic E-state index is 12.9. The highest BCUT2D eigenvalue weighted by atomic mass is 32.2. The molecule has 8 nitrogen and oxygen atoms in total. The standard InChI is InChI=1S/C17H22N2O6S/c1-12(17(21)22)19(14-5-6-14)16(20)13-3-2-4-15(11-13)26(23,24)18-7-9-25-10-8-18/h2-4,11-12,14H,5-10H2,1H3,(H,21,22). The first-order valence-corrected chi connectivity index (χ1v) is 10.00. The van der Waals surface area contributed by atoms with Crippen LogP contribution in [-0.4, -0.2) is 73.0 Å². The van der Waals surface area contributed by atoms with Gasteiger partial charge < -0.3 is 14.7 Å². The first-order chi connectivity index (χ1) is 12.3. The van der Waals surface area contributed by atoms with E-state index in [1.807, 2.05) is 0 Å². The fourth-order valence-corrected chi connectivity index (χ4v) is 4.46. The van der Waals surface area contributed by atoms with Crippen LogP contribution in [0.3, 0.4) is 0 Å². The molecule has 1 saturated carbocycles. The van der Waals surface area contributed by atoms with Gasteiger partial charge in [0.25, 0.3) is 5.91 Å². The van der Waals surface area contributed by atoms with Crippen LogP contribution in [0.15, 0.2) is 29.2 Å². The van der Waals surface area contributed by atoms with Crippen molar-refractivity contribution in [3.8, 4) is 0 Å². The lowest BCUT2D eigenvalue weighted by Crippen LogP contribution is -2.44. The minimum Gasteiger partial charge on any atom is -0.480 e. The Kier molecular flexibility index (Phi) is 5.31. The summed E-state index contributed by atoms with van der Waals surface area (Å²) >= 11 is 0. The highest BCUT2D eigenvalue weighted by Crippen LogP contribution is 2.31. The van der Waals surface area contributed by atoms with Gasteiger partial charge in [-0.1, -0.05) is 6.07 Å². The van der Waals surface area contributed by atoms with Crippen molar-refractivity contribution in [2.75, 3.05) is 26.3 Å². The van der Waals surface area contributed by atoms with Crippen LogP contribution >= 0.6 is 0 Å². The number of rotatable bonds is 6. The second-order valence-corrected chi connectivity index (χ2v) is 8.44. The van der Waals surface area contributed by atoms with E-state index >= 15 is 0 Å². The molecule has 1 unspecified atom stereocenters. The molecular formula is C17H22N2O6S. The summed E-state index contributed by atoms with van der Waals surface area (Å²) in [5.74, 6) is -1.54. The molecule has 2 aliphatic rings. The third kappa shape index (κ3) is 3.74. The smallest absolute Gasteiger partial charge is 0.326 e. The Morgan fingerprint density at radius 2 is 1.92 bits per heavy atom. The highest BCUT2D eigenvalue weighted by Gasteiger charge is 2.39. The Morgan fingerprint density at radius 3 is 2.50 bits per heavy atom. The number of benzene rings is 1. The summed E-state index contributed by atoms with van der Waals surface area (Å²) in [6, 6.07) is 4.74. The summed E-state index contributed by atoms with van der Waals surface area (Å²) in [6.07, 6.45) is 1.52. The van der Waals surface area contributed by atoms with Crippen LogP contribution in [0.5, 0.6) is 0 Å². The summed E-state index contributed by atoms with van der Waals surface area (Å²) in [5.41, 5.74) is 0.180. The molecule has 0 aromatic heterocycles. The Hall–Kier alpha value is -1.97. The molecule has 9 heteroatoms. The van der Waals surface area contributed by atoms with E-state index in [2.05, 4.69) is 0 Å². The molecule has 0 radical (unpaired) electrons. The zero-order chi connectivity index (χ0) is 18.9. The van der Waals surface area contributed by atoms with Crippen LogP contribution < -0.4 is 0 Å². The summed E-state index contributed by atoms with van der Waals surface area (Å²) < 4.78 is 32.1. The molecule has 1 heterocycles. The van der Waals surface area contributed by atoms with E-state index in [0.29, 0.717) is 13.2 Å². The number of carbonyl (C=O) groups is 2. The van der Waals surface area contributed by atoms with E-state index in [0.717, 1.165) is 12.8 Å². The van der Waals surface area contributed by atoms with Crippen LogP contribution in [-0.2, 0) is 19.6 Å². The monoisotopic (exact) mass is 382 g/mol. The lowest BCUT2D eigenvalue weighted by molar-refractivity contribution is -0.141. The number of hydrogen-bond acceptors (Lipinski definition) is 5. The van der Waals surface area contributed by atoms with E-state index in [-0.39, 0.29) is 29.6 Å². The molecule has 1 N–H and O–H groups in total. The van der Waals surface area contributed by atoms with Gasteiger partial charge in [0, 0.05) is 24.7 Å². The van der Waals surface area contributed by atoms with Gasteiger partial charge in [0.15, 0.2) is 0 Å². The molecule has 1 saturated heterocycles. The number of nitrogens with zero attached hydrogens (tertiary/aromatic N) is 2. The molecule has 2 fully saturated rings. The Morgan fingerprint density at radius 1 is 1.27 bits per heavy atom. The molecule has 0 spiro atoms. The van der Waals surface area contributed by atoms with E-state index in [4.69, 9.17) is 4.74 Å². The average Bonchev–Trinajstić information content (AvgIpc) is 3.47. The molecule has 0 bridgehead atoms. The van der Waals surface area contributed by atoms with E-state index in [9.17, 15) is 23.1 Å². The van der Waals surface area contributed by atoms with Gasteiger partial charge in [0.05, 0.1) is 18.1 Å². The number of carbonyl (C=O) groups excluding carboxylic acids is 1. The van der Waals surface area contributed by atoms with Crippen molar-refractivity contribution in [3.63, 3.8) is 0 Å². The summed E-state index contributed by atoms with van der Waals surface area (Å²) in [7, 11) is -3.72. The van der Waals surface area contributed by atoms with Gasteiger partial charge >= 0.3 is 5.97 Å². The first-order valence-electron chi connectivity index (χ1n) is 8.56. The lowest BCUT2D eigenvalue weighted by atomic mass is 10.1. The van der Waals surface area contributed by atoms with Crippen LogP contribution in [0.2, 0.25) is 0 Å². The van der Waals surface area contributed by atoms with Crippen molar-refractivity contribution in [1.82, 2.24) is 9.21 Å². The zero-order valence-corrected chi connectivity index (χ0v) is 15.3. The Balaban J connectivity index is 1.88. The predicted molar refractivity (Wildman–Crippen MR) is 92.3 cm³/mol. The minimum atomic E-state index is -3.72. The second-order valence-electron chi connectivity index (χ2n) is 6.50. The van der Waals surface area contributed by atoms with Crippen molar-refractivity contribution in [3.05, 3.63) is 29.8 Å². The number of hydrogen-bond donors (Lipinski definition) is 1. The van der Waals surface area contributed by atoms with E-state index < -0.39 is 27.9 Å². The zero-order valence-electron chi connectivity index (χ0n) is 14.5. The third-order valence-corrected chi connectivity index (χ3v) is 6.53. The normalized spacial score (nSPS) is 19.7. The molecule has 26 heavy (non-hydrogen) atoms. The summed E-state index contributed by atoms with van der Waals surface area (Å²) in [5, 5.41) is 9.27. The number of amides is 1. The number of aliphatic carboxylic acids is 1. The Bertz CT molecular complexity index is 799. The average molecular weight is 382 g/mol. The fraction of sp³-hybridized carbons (Fsp3) is 0.529. The van der Waals surface area contributed by atoms with E-state index in [1.54, 1.807) is 0 Å². The van der Waals surface area contributed by atoms with Crippen LogP contribution in [0.1, 0.15) is 30.1 Å². The maximum Gasteiger partial charge on any atom is 0.326 e. The molecule has 1 amide bonds. The van der Waals surface area contributed by atoms with Crippen molar-refractivity contribution in [1.29, 1.82) is 0 Å². The highest BCUT2D eigenvalue weighted by molar-refractivity contribution is 7.89. The second kappa shape index (κ2) is 7.34. The molecule has 1 aromatic rings. The molecule has 1 atom stereocenters. The predicted octanol–water partition coefficient (Wildman–Crippen LogP) is 0.785. The van der Waals surface area contributed by atoms with Gasteiger partial charge in [-0.05, 0) is 38.0 Å². The van der Waals surface area contributed by atoms with Gasteiger partial charge in [-0.25, -0.2) is 13.2 Å². The molecule has 1 aromatic carbocycles. The Labute approximate surface area is 152 Å². The lowest BCUT2D eigenvalue weighted by Gasteiger charge is -2.28. The minimum absolute atomic E-state index is 0.0315. The van der Waals surface area contributed by atoms with Gasteiger partial charge in [0.1, 0.15) is 6.04 Å². The van der Waals surface area contributed by atoms with Crippen molar-refractivity contribution in [2.24, 2.45) is 0 Å². The van der Waals surface area contributed by atoms with Crippen LogP contribution in [0.4, 0.5) is 0 Å². The number of carboxylic acid groups (broad SMARTS) is 1. The van der Waals surface area contributed by atoms with Crippen LogP contribution in [0.25, 0.3) is 0 Å². The number of sulfonamides is 1. The molecule has 1 aliphatic heterocycles. The quantitative estimate of drug-likeness (QED) is 0.780. The molecule has 1 aliphatic carbocycles. The van der Waals surface area contributed by atoms with Crippen molar-refractivity contribution in [2.45, 2.75) is 36.7 Å². The van der Waals surface area contributed by atoms with Crippen LogP contribution in [0, 0.1) is 0 Å². The third-order valence-electron chi connectivity index (χ3n) is 4.64. The van der Waals surface area contributed by atoms with Gasteiger partial charge in [-0.15, -0.1) is 0 Å². The van der Waals surface area contributed by atoms with Gasteiger partial charge in [0.2, 0.25) is 10.0 Å². The molecular weight excluding hydrogens is 360 g/mol. The summed E-state index contributed by atoms with van der Waals surface area (Å²) in [4.78, 5) is 25.6. The number of morpholine rings is 1. The maximum absolute atomic E-state index is 12.9. The first kappa shape index (κ1) is 18.8. The SMILES string of the molecule is CC(C(=O)O)N(C(=O)c1cccc(S(=O)(=O)N2CCOCC2)c1)C1CC1. The number of ether oxygens (including phenoxy) is 1. The summed E-state index contributed by atoms with van der Waals surface area (Å²) in [6.45, 7) is 2.68. The topological polar surface area (TPSA) is 104 Å².